The van der Waals surface area contributed by atoms with Crippen LogP contribution in [0.25, 0.3) is 0 Å². The molecule has 4 N–H and O–H groups in total. The first kappa shape index (κ1) is 33.2. The van der Waals surface area contributed by atoms with Gasteiger partial charge in [-0.25, -0.2) is 0 Å². The highest BCUT2D eigenvalue weighted by Crippen LogP contribution is 2.36. The van der Waals surface area contributed by atoms with E-state index < -0.39 is 53.8 Å². The third-order valence-corrected chi connectivity index (χ3v) is 9.34. The molecule has 2 aromatic rings. The first-order chi connectivity index (χ1) is 22.1. The summed E-state index contributed by atoms with van der Waals surface area (Å²) in [5.74, 6) is -1.60. The molecule has 3 aliphatic rings. The van der Waals surface area contributed by atoms with Crippen molar-refractivity contribution in [2.24, 2.45) is 5.41 Å². The number of hydrogen-bond acceptors (Lipinski definition) is 7. The minimum Gasteiger partial charge on any atom is -0.484 e. The van der Waals surface area contributed by atoms with E-state index in [4.69, 9.17) is 16.3 Å². The van der Waals surface area contributed by atoms with Crippen molar-refractivity contribution < 1.29 is 33.8 Å². The summed E-state index contributed by atoms with van der Waals surface area (Å²) in [7, 11) is 0. The Morgan fingerprint density at radius 2 is 1.76 bits per heavy atom. The van der Waals surface area contributed by atoms with E-state index in [2.05, 4.69) is 16.0 Å². The number of nitrogens with zero attached hydrogens (tertiary/aromatic N) is 2. The van der Waals surface area contributed by atoms with E-state index in [-0.39, 0.29) is 19.1 Å². The van der Waals surface area contributed by atoms with Gasteiger partial charge in [0.25, 0.3) is 11.8 Å². The predicted molar refractivity (Wildman–Crippen MR) is 169 cm³/mol. The molecule has 0 saturated carbocycles. The highest BCUT2D eigenvalue weighted by atomic mass is 35.5. The maximum absolute atomic E-state index is 13.4. The van der Waals surface area contributed by atoms with Crippen molar-refractivity contribution in [3.63, 3.8) is 0 Å². The van der Waals surface area contributed by atoms with Gasteiger partial charge in [-0.1, -0.05) is 23.7 Å². The fourth-order valence-corrected chi connectivity index (χ4v) is 6.58. The summed E-state index contributed by atoms with van der Waals surface area (Å²) in [6, 6.07) is 11.2. The molecule has 3 atom stereocenters. The van der Waals surface area contributed by atoms with Gasteiger partial charge in [0.05, 0.1) is 6.61 Å². The molecule has 0 aromatic heterocycles. The highest BCUT2D eigenvalue weighted by Gasteiger charge is 2.40. The first-order valence-electron chi connectivity index (χ1n) is 15.6. The van der Waals surface area contributed by atoms with Crippen LogP contribution in [0.3, 0.4) is 0 Å². The predicted octanol–water partition coefficient (Wildman–Crippen LogP) is 1.29. The van der Waals surface area contributed by atoms with Crippen LogP contribution in [0.15, 0.2) is 48.5 Å². The molecule has 2 saturated heterocycles. The number of piperidine rings is 1. The standard InChI is InChI=1S/C33H40ClN5O7/c1-21-31(44)39-13-3-6-27(39)30(43)37-26(18-40)29(42)35-20-33(17-22-4-2-5-25(16-22)46-19-28(41)36-21)11-14-38(15-12-33)32(45)23-7-9-24(34)10-8-23/h2,4-5,7-10,16,21,26-27,40H,3,6,11-15,17-20H2,1H3,(H,35,42)(H,36,41)(H,37,43)/t21-,26-,27-/m0/s1. The van der Waals surface area contributed by atoms with Gasteiger partial charge in [0.2, 0.25) is 17.7 Å². The summed E-state index contributed by atoms with van der Waals surface area (Å²) in [5, 5.41) is 18.8. The van der Waals surface area contributed by atoms with Gasteiger partial charge >= 0.3 is 0 Å². The zero-order valence-electron chi connectivity index (χ0n) is 25.8. The maximum atomic E-state index is 13.4. The molecule has 0 unspecified atom stereocenters. The largest absolute Gasteiger partial charge is 0.484 e. The molecule has 1 spiro atoms. The molecule has 2 aromatic carbocycles. The molecule has 3 aliphatic heterocycles. The third kappa shape index (κ3) is 7.79. The minimum atomic E-state index is -1.22. The smallest absolute Gasteiger partial charge is 0.258 e. The van der Waals surface area contributed by atoms with Gasteiger partial charge in [-0.05, 0) is 86.4 Å². The van der Waals surface area contributed by atoms with E-state index in [0.717, 1.165) is 5.56 Å². The van der Waals surface area contributed by atoms with Crippen molar-refractivity contribution in [2.75, 3.05) is 39.4 Å². The van der Waals surface area contributed by atoms with Gasteiger partial charge in [-0.15, -0.1) is 0 Å². The van der Waals surface area contributed by atoms with E-state index in [1.807, 2.05) is 18.2 Å². The number of likely N-dealkylation sites (tertiary alicyclic amines) is 1. The quantitative estimate of drug-likeness (QED) is 0.380. The minimum absolute atomic E-state index is 0.0999. The van der Waals surface area contributed by atoms with Crippen molar-refractivity contribution >= 4 is 41.1 Å². The number of nitrogens with one attached hydrogen (secondary N) is 3. The van der Waals surface area contributed by atoms with Crippen molar-refractivity contribution in [3.05, 3.63) is 64.7 Å². The van der Waals surface area contributed by atoms with Gasteiger partial charge in [0.1, 0.15) is 23.9 Å². The molecule has 0 aliphatic carbocycles. The van der Waals surface area contributed by atoms with Crippen LogP contribution in [0.2, 0.25) is 5.02 Å². The number of carbonyl (C=O) groups is 5. The normalized spacial score (nSPS) is 24.5. The lowest BCUT2D eigenvalue weighted by Gasteiger charge is -2.42. The number of ether oxygens (including phenoxy) is 1. The monoisotopic (exact) mass is 653 g/mol. The molecule has 3 heterocycles. The van der Waals surface area contributed by atoms with E-state index in [9.17, 15) is 29.1 Å². The number of fused-ring (bicyclic) bond motifs is 3. The molecular weight excluding hydrogens is 614 g/mol. The summed E-state index contributed by atoms with van der Waals surface area (Å²) < 4.78 is 5.78. The molecule has 0 radical (unpaired) electrons. The van der Waals surface area contributed by atoms with Crippen molar-refractivity contribution in [1.82, 2.24) is 25.8 Å². The Kier molecular flexibility index (Phi) is 10.5. The van der Waals surface area contributed by atoms with Gasteiger partial charge in [-0.2, -0.15) is 0 Å². The second-order valence-corrected chi connectivity index (χ2v) is 12.8. The molecule has 2 fully saturated rings. The zero-order chi connectivity index (χ0) is 32.8. The van der Waals surface area contributed by atoms with E-state index in [1.54, 1.807) is 42.2 Å². The van der Waals surface area contributed by atoms with Crippen LogP contribution in [0.1, 0.15) is 48.5 Å². The van der Waals surface area contributed by atoms with Crippen LogP contribution >= 0.6 is 11.6 Å². The fourth-order valence-electron chi connectivity index (χ4n) is 6.46. The van der Waals surface area contributed by atoms with Crippen molar-refractivity contribution in [3.8, 4) is 5.75 Å². The summed E-state index contributed by atoms with van der Waals surface area (Å²) in [5.41, 5.74) is 1.000. The topological polar surface area (TPSA) is 157 Å². The second kappa shape index (κ2) is 14.5. The van der Waals surface area contributed by atoms with Crippen molar-refractivity contribution in [2.45, 2.75) is 57.2 Å². The van der Waals surface area contributed by atoms with Gasteiger partial charge < -0.3 is 35.6 Å². The average molecular weight is 654 g/mol. The number of benzene rings is 2. The number of aliphatic hydroxyl groups is 1. The Bertz CT molecular complexity index is 1460. The van der Waals surface area contributed by atoms with E-state index >= 15 is 0 Å². The third-order valence-electron chi connectivity index (χ3n) is 9.09. The van der Waals surface area contributed by atoms with Crippen LogP contribution in [-0.4, -0.2) is 102 Å². The number of rotatable bonds is 2. The number of hydrogen-bond donors (Lipinski definition) is 4. The Hall–Kier alpha value is -4.16. The summed E-state index contributed by atoms with van der Waals surface area (Å²) in [6.07, 6.45) is 2.67. The van der Waals surface area contributed by atoms with E-state index in [1.165, 1.54) is 4.90 Å². The molecule has 12 nitrogen and oxygen atoms in total. The molecule has 246 valence electrons. The van der Waals surface area contributed by atoms with E-state index in [0.29, 0.717) is 68.1 Å². The Morgan fingerprint density at radius 3 is 2.48 bits per heavy atom. The average Bonchev–Trinajstić information content (AvgIpc) is 3.55. The van der Waals surface area contributed by atoms with Gasteiger partial charge in [0, 0.05) is 36.8 Å². The zero-order valence-corrected chi connectivity index (χ0v) is 26.6. The van der Waals surface area contributed by atoms with Crippen LogP contribution in [0, 0.1) is 5.41 Å². The second-order valence-electron chi connectivity index (χ2n) is 12.4. The Balaban J connectivity index is 1.38. The molecule has 5 rings (SSSR count). The van der Waals surface area contributed by atoms with Crippen LogP contribution in [-0.2, 0) is 25.6 Å². The highest BCUT2D eigenvalue weighted by molar-refractivity contribution is 6.30. The molecule has 46 heavy (non-hydrogen) atoms. The lowest BCUT2D eigenvalue weighted by molar-refractivity contribution is -0.142. The van der Waals surface area contributed by atoms with Crippen LogP contribution < -0.4 is 20.7 Å². The van der Waals surface area contributed by atoms with Crippen molar-refractivity contribution in [1.29, 1.82) is 0 Å². The summed E-state index contributed by atoms with van der Waals surface area (Å²) in [6.45, 7) is 2.10. The van der Waals surface area contributed by atoms with Crippen LogP contribution in [0.5, 0.6) is 5.75 Å². The number of halogens is 1. The summed E-state index contributed by atoms with van der Waals surface area (Å²) in [4.78, 5) is 68.9. The Morgan fingerprint density at radius 1 is 1.02 bits per heavy atom. The number of carbonyl (C=O) groups excluding carboxylic acids is 5. The first-order valence-corrected chi connectivity index (χ1v) is 16.0. The molecule has 13 heteroatoms. The van der Waals surface area contributed by atoms with Crippen LogP contribution in [0.4, 0.5) is 0 Å². The number of aliphatic hydroxyl groups excluding tert-OH is 1. The fraction of sp³-hybridized carbons (Fsp3) is 0.485. The SMILES string of the molecule is C[C@@H]1NC(=O)COc2cccc(c2)CC2(CCN(C(=O)c3ccc(Cl)cc3)CC2)CNC(=O)[C@H](CO)NC(=O)[C@@H]2CCCN2C1=O. The van der Waals surface area contributed by atoms with Gasteiger partial charge in [0.15, 0.2) is 6.61 Å². The summed E-state index contributed by atoms with van der Waals surface area (Å²) >= 11 is 6.00. The number of amides is 5. The lowest BCUT2D eigenvalue weighted by Crippen LogP contribution is -2.57. The Labute approximate surface area is 272 Å². The van der Waals surface area contributed by atoms with Gasteiger partial charge in [-0.3, -0.25) is 24.0 Å². The molecule has 5 amide bonds. The lowest BCUT2D eigenvalue weighted by atomic mass is 9.73. The maximum Gasteiger partial charge on any atom is 0.258 e. The molecular formula is C33H40ClN5O7. The molecule has 2 bridgehead atoms.